The summed E-state index contributed by atoms with van der Waals surface area (Å²) in [5.74, 6) is 2.10. The van der Waals surface area contributed by atoms with Gasteiger partial charge in [0.1, 0.15) is 17.8 Å². The fourth-order valence-electron chi connectivity index (χ4n) is 3.06. The molecule has 1 aliphatic rings. The van der Waals surface area contributed by atoms with E-state index >= 15 is 0 Å². The predicted octanol–water partition coefficient (Wildman–Crippen LogP) is 2.37. The number of aromatic nitrogens is 4. The molecule has 3 heterocycles. The van der Waals surface area contributed by atoms with Crippen LogP contribution in [0.3, 0.4) is 0 Å². The molecule has 0 atom stereocenters. The molecule has 0 aliphatic heterocycles. The molecular weight excluding hydrogens is 316 g/mol. The van der Waals surface area contributed by atoms with Crippen LogP contribution in [0.4, 0.5) is 5.82 Å². The molecule has 1 fully saturated rings. The normalized spacial score (nSPS) is 19.4. The van der Waals surface area contributed by atoms with E-state index in [-0.39, 0.29) is 0 Å². The van der Waals surface area contributed by atoms with Gasteiger partial charge in [0.2, 0.25) is 0 Å². The molecule has 1 aliphatic carbocycles. The number of anilines is 1. The van der Waals surface area contributed by atoms with Crippen molar-refractivity contribution in [2.75, 3.05) is 11.9 Å². The summed E-state index contributed by atoms with van der Waals surface area (Å²) < 4.78 is 5.46. The molecule has 0 amide bonds. The Bertz CT molecular complexity index is 844. The van der Waals surface area contributed by atoms with Gasteiger partial charge >= 0.3 is 0 Å². The van der Waals surface area contributed by atoms with Crippen LogP contribution in [0, 0.1) is 0 Å². The van der Waals surface area contributed by atoms with Crippen LogP contribution in [-0.4, -0.2) is 33.2 Å². The smallest absolute Gasteiger partial charge is 0.156 e. The molecule has 0 saturated heterocycles. The highest BCUT2D eigenvalue weighted by atomic mass is 16.5. The van der Waals surface area contributed by atoms with Crippen LogP contribution in [0.15, 0.2) is 47.5 Å². The first-order chi connectivity index (χ1) is 12.2. The molecule has 0 spiro atoms. The molecule has 0 aromatic carbocycles. The van der Waals surface area contributed by atoms with Crippen molar-refractivity contribution in [3.05, 3.63) is 54.4 Å². The number of hydrogen-bond acceptors (Lipinski definition) is 7. The summed E-state index contributed by atoms with van der Waals surface area (Å²) in [4.78, 5) is 14.8. The lowest BCUT2D eigenvalue weighted by molar-refractivity contribution is 0.345. The van der Waals surface area contributed by atoms with Gasteiger partial charge in [-0.3, -0.25) is 4.98 Å². The molecule has 0 radical (unpaired) electrons. The van der Waals surface area contributed by atoms with Crippen LogP contribution in [0.25, 0.3) is 11.3 Å². The Labute approximate surface area is 145 Å². The van der Waals surface area contributed by atoms with E-state index in [1.807, 2.05) is 36.2 Å². The molecule has 2 N–H and O–H groups in total. The third kappa shape index (κ3) is 3.36. The van der Waals surface area contributed by atoms with Gasteiger partial charge in [-0.2, -0.15) is 0 Å². The van der Waals surface area contributed by atoms with Crippen molar-refractivity contribution < 1.29 is 4.52 Å². The molecule has 128 valence electrons. The fraction of sp³-hybridized carbons (Fsp3) is 0.333. The second kappa shape index (κ2) is 6.60. The molecule has 25 heavy (non-hydrogen) atoms. The number of nitrogens with zero attached hydrogens (tertiary/aromatic N) is 5. The van der Waals surface area contributed by atoms with Crippen molar-refractivity contribution in [3.8, 4) is 11.3 Å². The molecule has 0 bridgehead atoms. The Morgan fingerprint density at radius 3 is 2.76 bits per heavy atom. The number of hydrogen-bond donors (Lipinski definition) is 1. The SMILES string of the molecule is CN(Cc1cc(-c2ccncc2)no1)c1cc(C2CC(N)C2)ncn1. The van der Waals surface area contributed by atoms with Crippen LogP contribution in [-0.2, 0) is 6.54 Å². The lowest BCUT2D eigenvalue weighted by Crippen LogP contribution is -2.35. The minimum absolute atomic E-state index is 0.307. The molecule has 4 rings (SSSR count). The zero-order chi connectivity index (χ0) is 17.2. The summed E-state index contributed by atoms with van der Waals surface area (Å²) in [7, 11) is 1.98. The maximum Gasteiger partial charge on any atom is 0.156 e. The molecule has 7 heteroatoms. The monoisotopic (exact) mass is 336 g/mol. The number of nitrogens with two attached hydrogens (primary N) is 1. The zero-order valence-corrected chi connectivity index (χ0v) is 14.0. The zero-order valence-electron chi connectivity index (χ0n) is 14.0. The number of rotatable bonds is 5. The summed E-state index contributed by atoms with van der Waals surface area (Å²) in [5.41, 5.74) is 8.73. The summed E-state index contributed by atoms with van der Waals surface area (Å²) >= 11 is 0. The first-order valence-electron chi connectivity index (χ1n) is 8.33. The van der Waals surface area contributed by atoms with Crippen molar-refractivity contribution in [3.63, 3.8) is 0 Å². The maximum atomic E-state index is 5.88. The summed E-state index contributed by atoms with van der Waals surface area (Å²) in [6.45, 7) is 0.582. The fourth-order valence-corrected chi connectivity index (χ4v) is 3.06. The van der Waals surface area contributed by atoms with E-state index in [0.29, 0.717) is 18.5 Å². The highest BCUT2D eigenvalue weighted by Gasteiger charge is 2.28. The van der Waals surface area contributed by atoms with E-state index in [2.05, 4.69) is 20.1 Å². The third-order valence-electron chi connectivity index (χ3n) is 4.59. The minimum Gasteiger partial charge on any atom is -0.359 e. The Hall–Kier alpha value is -2.80. The van der Waals surface area contributed by atoms with Gasteiger partial charge in [0.05, 0.1) is 6.54 Å². The van der Waals surface area contributed by atoms with Crippen LogP contribution in [0.5, 0.6) is 0 Å². The topological polar surface area (TPSA) is 94.0 Å². The maximum absolute atomic E-state index is 5.88. The highest BCUT2D eigenvalue weighted by Crippen LogP contribution is 2.35. The first-order valence-corrected chi connectivity index (χ1v) is 8.33. The predicted molar refractivity (Wildman–Crippen MR) is 93.8 cm³/mol. The average Bonchev–Trinajstić information content (AvgIpc) is 3.08. The van der Waals surface area contributed by atoms with Crippen LogP contribution in [0.1, 0.15) is 30.2 Å². The minimum atomic E-state index is 0.307. The Balaban J connectivity index is 1.46. The largest absolute Gasteiger partial charge is 0.359 e. The van der Waals surface area contributed by atoms with Gasteiger partial charge in [-0.05, 0) is 25.0 Å². The van der Waals surface area contributed by atoms with Crippen molar-refractivity contribution in [2.45, 2.75) is 31.3 Å². The van der Waals surface area contributed by atoms with E-state index in [1.165, 1.54) is 0 Å². The second-order valence-electron chi connectivity index (χ2n) is 6.50. The number of pyridine rings is 1. The van der Waals surface area contributed by atoms with E-state index in [1.54, 1.807) is 18.7 Å². The van der Waals surface area contributed by atoms with Crippen LogP contribution in [0.2, 0.25) is 0 Å². The van der Waals surface area contributed by atoms with Gasteiger partial charge in [0, 0.05) is 54.8 Å². The Morgan fingerprint density at radius 2 is 2.00 bits per heavy atom. The quantitative estimate of drug-likeness (QED) is 0.764. The second-order valence-corrected chi connectivity index (χ2v) is 6.50. The molecule has 1 saturated carbocycles. The Morgan fingerprint density at radius 1 is 1.20 bits per heavy atom. The van der Waals surface area contributed by atoms with Crippen LogP contribution < -0.4 is 10.6 Å². The molecule has 3 aromatic heterocycles. The van der Waals surface area contributed by atoms with E-state index in [0.717, 1.165) is 41.4 Å². The molecule has 7 nitrogen and oxygen atoms in total. The van der Waals surface area contributed by atoms with Gasteiger partial charge in [0.25, 0.3) is 0 Å². The lowest BCUT2D eigenvalue weighted by Gasteiger charge is -2.32. The van der Waals surface area contributed by atoms with E-state index in [9.17, 15) is 0 Å². The van der Waals surface area contributed by atoms with Gasteiger partial charge in [-0.15, -0.1) is 0 Å². The summed E-state index contributed by atoms with van der Waals surface area (Å²) in [5, 5.41) is 4.13. The van der Waals surface area contributed by atoms with Gasteiger partial charge < -0.3 is 15.2 Å². The van der Waals surface area contributed by atoms with Crippen molar-refractivity contribution >= 4 is 5.82 Å². The van der Waals surface area contributed by atoms with Crippen LogP contribution >= 0.6 is 0 Å². The molecule has 3 aromatic rings. The van der Waals surface area contributed by atoms with Crippen molar-refractivity contribution in [1.29, 1.82) is 0 Å². The average molecular weight is 336 g/mol. The summed E-state index contributed by atoms with van der Waals surface area (Å²) in [6.07, 6.45) is 7.10. The molecular formula is C18H20N6O. The molecule has 0 unspecified atom stereocenters. The Kier molecular flexibility index (Phi) is 4.15. The summed E-state index contributed by atoms with van der Waals surface area (Å²) in [6, 6.07) is 8.11. The highest BCUT2D eigenvalue weighted by molar-refractivity contribution is 5.57. The first kappa shape index (κ1) is 15.7. The van der Waals surface area contributed by atoms with E-state index in [4.69, 9.17) is 10.3 Å². The van der Waals surface area contributed by atoms with Gasteiger partial charge in [-0.25, -0.2) is 9.97 Å². The van der Waals surface area contributed by atoms with Crippen molar-refractivity contribution in [1.82, 2.24) is 20.1 Å². The van der Waals surface area contributed by atoms with Gasteiger partial charge in [0.15, 0.2) is 5.76 Å². The lowest BCUT2D eigenvalue weighted by atomic mass is 9.78. The van der Waals surface area contributed by atoms with Crippen molar-refractivity contribution in [2.24, 2.45) is 5.73 Å². The van der Waals surface area contributed by atoms with Gasteiger partial charge in [-0.1, -0.05) is 5.16 Å². The standard InChI is InChI=1S/C18H20N6O/c1-24(18-9-16(21-11-22-18)13-6-14(19)7-13)10-15-8-17(23-25-15)12-2-4-20-5-3-12/h2-5,8-9,11,13-14H,6-7,10,19H2,1H3. The third-order valence-corrected chi connectivity index (χ3v) is 4.59. The van der Waals surface area contributed by atoms with E-state index < -0.39 is 0 Å².